The minimum Gasteiger partial charge on any atom is -0.372 e. The SMILES string of the molecule is Cc1ccc(P(=O)(O)C2c3cc(Cl)ccc3NC2C(N)=O)cc1C. The zero-order chi connectivity index (χ0) is 17.6. The molecule has 4 N–H and O–H groups in total. The Morgan fingerprint density at radius 3 is 2.54 bits per heavy atom. The molecular weight excluding hydrogens is 347 g/mol. The Morgan fingerprint density at radius 2 is 1.92 bits per heavy atom. The smallest absolute Gasteiger partial charge is 0.241 e. The van der Waals surface area contributed by atoms with E-state index < -0.39 is 25.0 Å². The van der Waals surface area contributed by atoms with Gasteiger partial charge in [-0.1, -0.05) is 17.7 Å². The fourth-order valence-electron chi connectivity index (χ4n) is 3.04. The minimum absolute atomic E-state index is 0.302. The van der Waals surface area contributed by atoms with Gasteiger partial charge in [0.05, 0.1) is 5.66 Å². The maximum atomic E-state index is 13.3. The first kappa shape index (κ1) is 17.0. The Morgan fingerprint density at radius 1 is 1.21 bits per heavy atom. The molecule has 7 heteroatoms. The normalized spacial score (nSPS) is 21.7. The third-order valence-electron chi connectivity index (χ3n) is 4.50. The van der Waals surface area contributed by atoms with E-state index in [1.807, 2.05) is 13.8 Å². The van der Waals surface area contributed by atoms with Crippen LogP contribution in [0, 0.1) is 13.8 Å². The Balaban J connectivity index is 2.16. The lowest BCUT2D eigenvalue weighted by atomic mass is 10.1. The quantitative estimate of drug-likeness (QED) is 0.730. The molecule has 1 heterocycles. The van der Waals surface area contributed by atoms with E-state index in [0.29, 0.717) is 21.6 Å². The number of halogens is 1. The summed E-state index contributed by atoms with van der Waals surface area (Å²) in [6.45, 7) is 3.81. The molecule has 0 radical (unpaired) electrons. The summed E-state index contributed by atoms with van der Waals surface area (Å²) in [4.78, 5) is 22.8. The van der Waals surface area contributed by atoms with Gasteiger partial charge in [-0.3, -0.25) is 9.36 Å². The Hall–Kier alpha value is -1.81. The van der Waals surface area contributed by atoms with Gasteiger partial charge in [-0.2, -0.15) is 0 Å². The van der Waals surface area contributed by atoms with Crippen molar-refractivity contribution in [3.63, 3.8) is 0 Å². The first-order chi connectivity index (χ1) is 11.2. The van der Waals surface area contributed by atoms with Crippen molar-refractivity contribution >= 4 is 35.9 Å². The molecule has 0 fully saturated rings. The second-order valence-corrected chi connectivity index (χ2v) is 8.85. The van der Waals surface area contributed by atoms with Gasteiger partial charge in [0.15, 0.2) is 0 Å². The van der Waals surface area contributed by atoms with Crippen molar-refractivity contribution in [2.75, 3.05) is 5.32 Å². The van der Waals surface area contributed by atoms with E-state index in [0.717, 1.165) is 11.1 Å². The first-order valence-electron chi connectivity index (χ1n) is 7.47. The molecule has 1 aliphatic rings. The lowest BCUT2D eigenvalue weighted by molar-refractivity contribution is -0.118. The molecule has 0 saturated heterocycles. The van der Waals surface area contributed by atoms with Crippen LogP contribution < -0.4 is 16.4 Å². The topological polar surface area (TPSA) is 92.4 Å². The van der Waals surface area contributed by atoms with Gasteiger partial charge in [0.25, 0.3) is 0 Å². The number of benzene rings is 2. The van der Waals surface area contributed by atoms with E-state index in [-0.39, 0.29) is 0 Å². The summed E-state index contributed by atoms with van der Waals surface area (Å²) in [5.74, 6) is -0.676. The van der Waals surface area contributed by atoms with E-state index in [2.05, 4.69) is 5.32 Å². The van der Waals surface area contributed by atoms with Crippen LogP contribution in [-0.2, 0) is 9.36 Å². The molecule has 3 atom stereocenters. The highest BCUT2D eigenvalue weighted by Gasteiger charge is 2.47. The van der Waals surface area contributed by atoms with Crippen molar-refractivity contribution in [2.24, 2.45) is 5.73 Å². The fraction of sp³-hybridized carbons (Fsp3) is 0.235. The molecular formula is C17H18ClN2O3P. The van der Waals surface area contributed by atoms with Crippen molar-refractivity contribution in [1.82, 2.24) is 0 Å². The van der Waals surface area contributed by atoms with Gasteiger partial charge in [0, 0.05) is 16.0 Å². The van der Waals surface area contributed by atoms with Crippen LogP contribution >= 0.6 is 19.0 Å². The number of nitrogens with two attached hydrogens (primary N) is 1. The number of rotatable bonds is 3. The van der Waals surface area contributed by atoms with Gasteiger partial charge in [0.1, 0.15) is 6.04 Å². The molecule has 5 nitrogen and oxygen atoms in total. The first-order valence-corrected chi connectivity index (χ1v) is 9.58. The molecule has 0 saturated carbocycles. The third kappa shape index (κ3) is 2.73. The molecule has 0 spiro atoms. The van der Waals surface area contributed by atoms with Crippen LogP contribution in [0.3, 0.4) is 0 Å². The maximum Gasteiger partial charge on any atom is 0.241 e. The van der Waals surface area contributed by atoms with Crippen molar-refractivity contribution in [3.05, 3.63) is 58.1 Å². The highest BCUT2D eigenvalue weighted by Crippen LogP contribution is 2.60. The molecule has 3 unspecified atom stereocenters. The Bertz CT molecular complexity index is 884. The zero-order valence-electron chi connectivity index (χ0n) is 13.3. The molecule has 3 rings (SSSR count). The summed E-state index contributed by atoms with van der Waals surface area (Å²) < 4.78 is 13.3. The van der Waals surface area contributed by atoms with E-state index in [4.69, 9.17) is 17.3 Å². The summed E-state index contributed by atoms with van der Waals surface area (Å²) >= 11 is 6.04. The number of carbonyl (C=O) groups excluding carboxylic acids is 1. The number of nitrogens with one attached hydrogen (secondary N) is 1. The third-order valence-corrected chi connectivity index (χ3v) is 7.09. The van der Waals surface area contributed by atoms with Crippen LogP contribution in [0.15, 0.2) is 36.4 Å². The van der Waals surface area contributed by atoms with Crippen LogP contribution in [0.5, 0.6) is 0 Å². The van der Waals surface area contributed by atoms with Gasteiger partial charge in [-0.15, -0.1) is 0 Å². The van der Waals surface area contributed by atoms with Crippen molar-refractivity contribution in [3.8, 4) is 0 Å². The summed E-state index contributed by atoms with van der Waals surface area (Å²) in [5.41, 5.74) is 7.58. The molecule has 24 heavy (non-hydrogen) atoms. The van der Waals surface area contributed by atoms with Crippen molar-refractivity contribution in [2.45, 2.75) is 25.5 Å². The highest BCUT2D eigenvalue weighted by molar-refractivity contribution is 7.66. The number of anilines is 1. The van der Waals surface area contributed by atoms with Crippen LogP contribution in [0.2, 0.25) is 5.02 Å². The predicted octanol–water partition coefficient (Wildman–Crippen LogP) is 2.87. The van der Waals surface area contributed by atoms with E-state index in [1.54, 1.807) is 36.4 Å². The lowest BCUT2D eigenvalue weighted by Gasteiger charge is -2.24. The van der Waals surface area contributed by atoms with Crippen molar-refractivity contribution in [1.29, 1.82) is 0 Å². The number of aryl methyl sites for hydroxylation is 2. The standard InChI is InChI=1S/C17H18ClN2O3P/c1-9-3-5-12(7-10(9)2)24(22,23)16-13-8-11(18)4-6-14(13)20-15(16)17(19)21/h3-8,15-16,20H,1-2H3,(H2,19,21)(H,22,23). The molecule has 0 aromatic heterocycles. The van der Waals surface area contributed by atoms with E-state index in [1.165, 1.54) is 0 Å². The largest absolute Gasteiger partial charge is 0.372 e. The number of carbonyl (C=O) groups is 1. The molecule has 2 aromatic rings. The van der Waals surface area contributed by atoms with Crippen LogP contribution in [0.1, 0.15) is 22.3 Å². The van der Waals surface area contributed by atoms with E-state index in [9.17, 15) is 14.3 Å². The van der Waals surface area contributed by atoms with Crippen LogP contribution in [0.4, 0.5) is 5.69 Å². The average Bonchev–Trinajstić information content (AvgIpc) is 2.89. The molecule has 0 bridgehead atoms. The Kier molecular flexibility index (Phi) is 4.20. The van der Waals surface area contributed by atoms with E-state index >= 15 is 0 Å². The monoisotopic (exact) mass is 364 g/mol. The molecule has 1 amide bonds. The van der Waals surface area contributed by atoms with Crippen molar-refractivity contribution < 1.29 is 14.3 Å². The number of primary amides is 1. The fourth-order valence-corrected chi connectivity index (χ4v) is 5.42. The van der Waals surface area contributed by atoms with Gasteiger partial charge in [-0.25, -0.2) is 0 Å². The number of amides is 1. The van der Waals surface area contributed by atoms with Gasteiger partial charge < -0.3 is 15.9 Å². The maximum absolute atomic E-state index is 13.3. The summed E-state index contributed by atoms with van der Waals surface area (Å²) in [6, 6.07) is 9.12. The predicted molar refractivity (Wildman–Crippen MR) is 96.2 cm³/mol. The van der Waals surface area contributed by atoms with Crippen LogP contribution in [0.25, 0.3) is 0 Å². The average molecular weight is 365 g/mol. The van der Waals surface area contributed by atoms with Gasteiger partial charge >= 0.3 is 0 Å². The van der Waals surface area contributed by atoms with Crippen LogP contribution in [-0.4, -0.2) is 16.8 Å². The zero-order valence-corrected chi connectivity index (χ0v) is 14.9. The summed E-state index contributed by atoms with van der Waals surface area (Å²) in [6.07, 6.45) is 0. The lowest BCUT2D eigenvalue weighted by Crippen LogP contribution is -2.37. The molecule has 0 aliphatic carbocycles. The number of fused-ring (bicyclic) bond motifs is 1. The van der Waals surface area contributed by atoms with Gasteiger partial charge in [0.2, 0.25) is 13.3 Å². The number of hydrogen-bond acceptors (Lipinski definition) is 3. The molecule has 2 aromatic carbocycles. The minimum atomic E-state index is -3.92. The summed E-state index contributed by atoms with van der Waals surface area (Å²) in [7, 11) is -3.92. The second kappa shape index (κ2) is 5.92. The van der Waals surface area contributed by atoms with Gasteiger partial charge in [-0.05, 0) is 60.9 Å². The molecule has 126 valence electrons. The number of hydrogen-bond donors (Lipinski definition) is 3. The Labute approximate surface area is 145 Å². The molecule has 1 aliphatic heterocycles. The second-order valence-electron chi connectivity index (χ2n) is 6.09. The summed E-state index contributed by atoms with van der Waals surface area (Å²) in [5, 5.41) is 3.69. The highest BCUT2D eigenvalue weighted by atomic mass is 35.5.